The number of hydrogen-bond donors (Lipinski definition) is 6. The number of hydrogen-bond acceptors (Lipinski definition) is 9. The molecule has 0 atom stereocenters. The van der Waals surface area contributed by atoms with Crippen molar-refractivity contribution in [3.05, 3.63) is 76.6 Å². The van der Waals surface area contributed by atoms with Gasteiger partial charge in [-0.15, -0.1) is 0 Å². The number of allylic oxidation sites excluding steroid dienone is 1. The number of rotatable bonds is 11. The SMILES string of the molecule is CC(=O)NCCNc1nc(-c2ccc(Cl)cc2)nc(NCCNC(=O)C2=C(C)NN(c3ccccc3)N2)c1C. The Labute approximate surface area is 232 Å². The average molecular weight is 550 g/mol. The van der Waals surface area contributed by atoms with Crippen LogP contribution in [0.1, 0.15) is 19.4 Å². The van der Waals surface area contributed by atoms with Gasteiger partial charge in [-0.2, -0.15) is 5.12 Å². The average Bonchev–Trinajstić information content (AvgIpc) is 3.33. The summed E-state index contributed by atoms with van der Waals surface area (Å²) in [6, 6.07) is 16.9. The van der Waals surface area contributed by atoms with Gasteiger partial charge in [0.05, 0.1) is 11.4 Å². The van der Waals surface area contributed by atoms with Crippen LogP contribution in [0.25, 0.3) is 11.4 Å². The summed E-state index contributed by atoms with van der Waals surface area (Å²) >= 11 is 6.05. The number of anilines is 3. The van der Waals surface area contributed by atoms with Crippen LogP contribution < -0.4 is 37.2 Å². The summed E-state index contributed by atoms with van der Waals surface area (Å²) < 4.78 is 0. The second-order valence-corrected chi connectivity index (χ2v) is 9.30. The zero-order valence-corrected chi connectivity index (χ0v) is 22.8. The predicted molar refractivity (Wildman–Crippen MR) is 154 cm³/mol. The number of nitrogens with one attached hydrogen (secondary N) is 6. The van der Waals surface area contributed by atoms with E-state index in [1.165, 1.54) is 6.92 Å². The van der Waals surface area contributed by atoms with Crippen LogP contribution in [-0.4, -0.2) is 48.0 Å². The first-order chi connectivity index (χ1) is 18.8. The van der Waals surface area contributed by atoms with Gasteiger partial charge in [-0.3, -0.25) is 20.4 Å². The molecule has 0 fully saturated rings. The molecular weight excluding hydrogens is 518 g/mol. The van der Waals surface area contributed by atoms with Gasteiger partial charge in [0.25, 0.3) is 5.91 Å². The molecule has 0 bridgehead atoms. The van der Waals surface area contributed by atoms with Crippen LogP contribution in [-0.2, 0) is 9.59 Å². The van der Waals surface area contributed by atoms with Gasteiger partial charge in [0, 0.05) is 49.3 Å². The summed E-state index contributed by atoms with van der Waals surface area (Å²) in [6.45, 7) is 7.00. The Bertz CT molecular complexity index is 1350. The van der Waals surface area contributed by atoms with E-state index in [9.17, 15) is 9.59 Å². The van der Waals surface area contributed by atoms with E-state index in [0.29, 0.717) is 54.4 Å². The summed E-state index contributed by atoms with van der Waals surface area (Å²) in [7, 11) is 0. The normalized spacial score (nSPS) is 12.5. The second kappa shape index (κ2) is 12.8. The van der Waals surface area contributed by atoms with Crippen LogP contribution >= 0.6 is 11.6 Å². The quantitative estimate of drug-likeness (QED) is 0.199. The van der Waals surface area contributed by atoms with Crippen LogP contribution in [0.15, 0.2) is 66.0 Å². The van der Waals surface area contributed by atoms with Crippen molar-refractivity contribution in [1.82, 2.24) is 31.5 Å². The topological polar surface area (TPSA) is 135 Å². The molecule has 2 aromatic carbocycles. The van der Waals surface area contributed by atoms with E-state index in [1.54, 1.807) is 17.3 Å². The summed E-state index contributed by atoms with van der Waals surface area (Å²) in [5.74, 6) is 1.49. The summed E-state index contributed by atoms with van der Waals surface area (Å²) in [6.07, 6.45) is 0. The Balaban J connectivity index is 1.38. The van der Waals surface area contributed by atoms with Crippen molar-refractivity contribution in [2.24, 2.45) is 0 Å². The third-order valence-corrected chi connectivity index (χ3v) is 6.11. The number of nitrogens with zero attached hydrogens (tertiary/aromatic N) is 3. The number of halogens is 1. The molecule has 0 saturated heterocycles. The van der Waals surface area contributed by atoms with Crippen molar-refractivity contribution >= 4 is 40.7 Å². The lowest BCUT2D eigenvalue weighted by Crippen LogP contribution is -2.42. The van der Waals surface area contributed by atoms with Crippen molar-refractivity contribution < 1.29 is 9.59 Å². The maximum atomic E-state index is 12.8. The fourth-order valence-corrected chi connectivity index (χ4v) is 3.95. The monoisotopic (exact) mass is 549 g/mol. The molecule has 1 aromatic heterocycles. The number of carbonyl (C=O) groups is 2. The smallest absolute Gasteiger partial charge is 0.271 e. The van der Waals surface area contributed by atoms with Gasteiger partial charge in [0.15, 0.2) is 5.82 Å². The molecule has 1 aliphatic rings. The van der Waals surface area contributed by atoms with E-state index in [-0.39, 0.29) is 11.8 Å². The van der Waals surface area contributed by atoms with E-state index in [1.807, 2.05) is 56.3 Å². The lowest BCUT2D eigenvalue weighted by molar-refractivity contribution is -0.119. The van der Waals surface area contributed by atoms with Crippen molar-refractivity contribution in [2.75, 3.05) is 41.9 Å². The first kappa shape index (κ1) is 27.5. The van der Waals surface area contributed by atoms with E-state index in [4.69, 9.17) is 16.6 Å². The van der Waals surface area contributed by atoms with Crippen molar-refractivity contribution in [2.45, 2.75) is 20.8 Å². The van der Waals surface area contributed by atoms with Gasteiger partial charge in [-0.25, -0.2) is 9.97 Å². The minimum Gasteiger partial charge on any atom is -0.368 e. The molecule has 3 aromatic rings. The molecule has 204 valence electrons. The number of para-hydroxylation sites is 1. The molecule has 0 saturated carbocycles. The highest BCUT2D eigenvalue weighted by Gasteiger charge is 2.23. The van der Waals surface area contributed by atoms with Crippen LogP contribution in [0.2, 0.25) is 5.02 Å². The third-order valence-electron chi connectivity index (χ3n) is 5.86. The minimum absolute atomic E-state index is 0.0928. The zero-order valence-electron chi connectivity index (χ0n) is 22.1. The second-order valence-electron chi connectivity index (χ2n) is 8.86. The van der Waals surface area contributed by atoms with Crippen molar-refractivity contribution in [3.8, 4) is 11.4 Å². The Morgan fingerprint density at radius 2 is 1.46 bits per heavy atom. The molecular formula is C27H32ClN9O2. The van der Waals surface area contributed by atoms with Crippen LogP contribution in [0, 0.1) is 6.92 Å². The Kier molecular flexibility index (Phi) is 9.06. The fourth-order valence-electron chi connectivity index (χ4n) is 3.83. The Morgan fingerprint density at radius 1 is 0.846 bits per heavy atom. The molecule has 12 heteroatoms. The van der Waals surface area contributed by atoms with Gasteiger partial charge in [0.2, 0.25) is 5.91 Å². The van der Waals surface area contributed by atoms with E-state index < -0.39 is 0 Å². The lowest BCUT2D eigenvalue weighted by Gasteiger charge is -2.20. The standard InChI is InChI=1S/C27H32ClN9O2/c1-17-24(30-14-13-29-19(3)38)33-26(20-9-11-21(28)12-10-20)34-25(17)31-15-16-32-27(39)23-18(2)35-37(36-23)22-7-5-4-6-8-22/h4-12,35-36H,13-16H2,1-3H3,(H,29,38)(H,32,39)(H2,30,31,33,34). The molecule has 11 nitrogen and oxygen atoms in total. The van der Waals surface area contributed by atoms with Crippen LogP contribution in [0.4, 0.5) is 17.3 Å². The number of carbonyl (C=O) groups excluding carboxylic acids is 2. The van der Waals surface area contributed by atoms with Gasteiger partial charge in [0.1, 0.15) is 17.3 Å². The Hall–Kier alpha value is -4.51. The highest BCUT2D eigenvalue weighted by Crippen LogP contribution is 2.26. The first-order valence-corrected chi connectivity index (χ1v) is 12.9. The molecule has 2 heterocycles. The molecule has 0 radical (unpaired) electrons. The highest BCUT2D eigenvalue weighted by molar-refractivity contribution is 6.30. The molecule has 0 aliphatic carbocycles. The van der Waals surface area contributed by atoms with Crippen molar-refractivity contribution in [1.29, 1.82) is 0 Å². The van der Waals surface area contributed by atoms with E-state index in [0.717, 1.165) is 22.5 Å². The third kappa shape index (κ3) is 7.29. The molecule has 1 aliphatic heterocycles. The molecule has 2 amide bonds. The van der Waals surface area contributed by atoms with Crippen molar-refractivity contribution in [3.63, 3.8) is 0 Å². The molecule has 6 N–H and O–H groups in total. The van der Waals surface area contributed by atoms with Crippen LogP contribution in [0.5, 0.6) is 0 Å². The molecule has 4 rings (SSSR count). The predicted octanol–water partition coefficient (Wildman–Crippen LogP) is 2.94. The van der Waals surface area contributed by atoms with Crippen LogP contribution in [0.3, 0.4) is 0 Å². The maximum Gasteiger partial charge on any atom is 0.271 e. The number of benzene rings is 2. The van der Waals surface area contributed by atoms with Gasteiger partial charge in [-0.1, -0.05) is 29.8 Å². The maximum absolute atomic E-state index is 12.8. The van der Waals surface area contributed by atoms with E-state index >= 15 is 0 Å². The van der Waals surface area contributed by atoms with E-state index in [2.05, 4.69) is 37.1 Å². The summed E-state index contributed by atoms with van der Waals surface area (Å²) in [5.41, 5.74) is 9.94. The molecule has 0 spiro atoms. The highest BCUT2D eigenvalue weighted by atomic mass is 35.5. The lowest BCUT2D eigenvalue weighted by atomic mass is 10.2. The molecule has 0 unspecified atom stereocenters. The number of amides is 2. The van der Waals surface area contributed by atoms with Gasteiger partial charge in [-0.05, 0) is 50.2 Å². The first-order valence-electron chi connectivity index (χ1n) is 12.6. The summed E-state index contributed by atoms with van der Waals surface area (Å²) in [4.78, 5) is 33.4. The largest absolute Gasteiger partial charge is 0.368 e. The number of hydrazine groups is 2. The number of aromatic nitrogens is 2. The molecule has 39 heavy (non-hydrogen) atoms. The minimum atomic E-state index is -0.221. The fraction of sp³-hybridized carbons (Fsp3) is 0.259. The zero-order chi connectivity index (χ0) is 27.8. The summed E-state index contributed by atoms with van der Waals surface area (Å²) in [5, 5.41) is 14.6. The Morgan fingerprint density at radius 3 is 2.08 bits per heavy atom. The van der Waals surface area contributed by atoms with Gasteiger partial charge >= 0.3 is 0 Å². The van der Waals surface area contributed by atoms with Gasteiger partial charge < -0.3 is 21.3 Å².